The van der Waals surface area contributed by atoms with Crippen molar-refractivity contribution in [3.05, 3.63) is 0 Å². The van der Waals surface area contributed by atoms with Gasteiger partial charge in [0.2, 0.25) is 0 Å². The van der Waals surface area contributed by atoms with Crippen LogP contribution in [0.5, 0.6) is 0 Å². The molecule has 12 heavy (non-hydrogen) atoms. The van der Waals surface area contributed by atoms with Crippen molar-refractivity contribution < 1.29 is 0 Å². The first-order valence-electron chi connectivity index (χ1n) is 4.10. The Hall–Kier alpha value is 0.0569. The maximum atomic E-state index is 3.43. The van der Waals surface area contributed by atoms with E-state index in [4.69, 9.17) is 0 Å². The Balaban J connectivity index is 4.77. The zero-order valence-corrected chi connectivity index (χ0v) is 10.3. The van der Waals surface area contributed by atoms with Crippen molar-refractivity contribution in [2.24, 2.45) is 0 Å². The zero-order chi connectivity index (χ0) is 9.94. The van der Waals surface area contributed by atoms with E-state index in [9.17, 15) is 0 Å². The zero-order valence-electron chi connectivity index (χ0n) is 9.34. The summed E-state index contributed by atoms with van der Waals surface area (Å²) in [4.78, 5) is 3.43. The average Bonchev–Trinajstić information content (AvgIpc) is 1.86. The maximum Gasteiger partial charge on any atom is 0.372 e. The molecule has 0 aliphatic heterocycles. The predicted molar refractivity (Wildman–Crippen MR) is 55.9 cm³/mol. The Morgan fingerprint density at radius 2 is 1.00 bits per heavy atom. The van der Waals surface area contributed by atoms with Gasteiger partial charge in [0.05, 0.1) is 0 Å². The van der Waals surface area contributed by atoms with Crippen LogP contribution in [0.1, 0.15) is 0 Å². The molecule has 0 radical (unpaired) electrons. The number of nitrogens with zero attached hydrogens (tertiary/aromatic N) is 3. The van der Waals surface area contributed by atoms with E-state index in [1.807, 2.05) is 7.05 Å². The van der Waals surface area contributed by atoms with Gasteiger partial charge in [-0.3, -0.25) is 13.7 Å². The summed E-state index contributed by atoms with van der Waals surface area (Å²) in [6, 6.07) is 0. The lowest BCUT2D eigenvalue weighted by Crippen LogP contribution is -2.77. The van der Waals surface area contributed by atoms with E-state index in [0.717, 1.165) is 0 Å². The van der Waals surface area contributed by atoms with Crippen molar-refractivity contribution in [1.82, 2.24) is 18.7 Å². The summed E-state index contributed by atoms with van der Waals surface area (Å²) >= 11 is 0. The third-order valence-corrected chi connectivity index (χ3v) is 6.62. The van der Waals surface area contributed by atoms with Crippen LogP contribution in [0.15, 0.2) is 0 Å². The molecule has 0 unspecified atom stereocenters. The second kappa shape index (κ2) is 4.34. The standard InChI is InChI=1S/C7H22N4Si/c1-8-12(9(2)3,10(4)5)11(6)7/h8H,1-7H3. The number of rotatable bonds is 4. The molecule has 0 bridgehead atoms. The minimum atomic E-state index is -1.75. The molecule has 0 spiro atoms. The molecule has 0 aromatic rings. The van der Waals surface area contributed by atoms with E-state index in [-0.39, 0.29) is 0 Å². The van der Waals surface area contributed by atoms with E-state index in [0.29, 0.717) is 0 Å². The summed E-state index contributed by atoms with van der Waals surface area (Å²) in [5.74, 6) is 0. The molecule has 5 heteroatoms. The van der Waals surface area contributed by atoms with Gasteiger partial charge in [-0.1, -0.05) is 0 Å². The molecule has 0 rings (SSSR count). The van der Waals surface area contributed by atoms with Crippen LogP contribution in [0.25, 0.3) is 0 Å². The molecule has 0 atom stereocenters. The lowest BCUT2D eigenvalue weighted by Gasteiger charge is -2.45. The van der Waals surface area contributed by atoms with Crippen LogP contribution >= 0.6 is 0 Å². The fraction of sp³-hybridized carbons (Fsp3) is 1.00. The van der Waals surface area contributed by atoms with Gasteiger partial charge in [0.25, 0.3) is 0 Å². The monoisotopic (exact) mass is 190 g/mol. The van der Waals surface area contributed by atoms with Gasteiger partial charge in [-0.25, -0.2) is 0 Å². The van der Waals surface area contributed by atoms with Gasteiger partial charge >= 0.3 is 8.72 Å². The van der Waals surface area contributed by atoms with E-state index >= 15 is 0 Å². The van der Waals surface area contributed by atoms with E-state index in [2.05, 4.69) is 61.0 Å². The topological polar surface area (TPSA) is 21.8 Å². The van der Waals surface area contributed by atoms with Gasteiger partial charge in [0.1, 0.15) is 0 Å². The highest BCUT2D eigenvalue weighted by molar-refractivity contribution is 6.68. The molecular formula is C7H22N4Si. The Kier molecular flexibility index (Phi) is 4.36. The normalized spacial score (nSPS) is 13.5. The van der Waals surface area contributed by atoms with Crippen molar-refractivity contribution >= 4 is 8.72 Å². The first-order valence-corrected chi connectivity index (χ1v) is 5.95. The van der Waals surface area contributed by atoms with Crippen LogP contribution in [0, 0.1) is 0 Å². The van der Waals surface area contributed by atoms with E-state index in [1.165, 1.54) is 0 Å². The van der Waals surface area contributed by atoms with Crippen LogP contribution in [0.3, 0.4) is 0 Å². The number of hydrogen-bond acceptors (Lipinski definition) is 4. The van der Waals surface area contributed by atoms with Crippen LogP contribution in [-0.4, -0.2) is 71.8 Å². The Labute approximate surface area is 77.5 Å². The van der Waals surface area contributed by atoms with E-state index in [1.54, 1.807) is 0 Å². The molecule has 0 saturated heterocycles. The van der Waals surface area contributed by atoms with Gasteiger partial charge in [-0.2, -0.15) is 0 Å². The first-order chi connectivity index (χ1) is 5.39. The highest BCUT2D eigenvalue weighted by Crippen LogP contribution is 2.06. The van der Waals surface area contributed by atoms with Crippen LogP contribution in [0.4, 0.5) is 0 Å². The molecule has 4 nitrogen and oxygen atoms in total. The third-order valence-electron chi connectivity index (χ3n) is 2.21. The molecule has 0 heterocycles. The average molecular weight is 190 g/mol. The Morgan fingerprint density at radius 1 is 0.750 bits per heavy atom. The number of hydrogen-bond donors (Lipinski definition) is 1. The highest BCUT2D eigenvalue weighted by Gasteiger charge is 2.41. The van der Waals surface area contributed by atoms with Crippen molar-refractivity contribution in [2.45, 2.75) is 0 Å². The van der Waals surface area contributed by atoms with Crippen LogP contribution in [0.2, 0.25) is 0 Å². The molecule has 1 N–H and O–H groups in total. The lowest BCUT2D eigenvalue weighted by molar-refractivity contribution is 0.362. The summed E-state index contributed by atoms with van der Waals surface area (Å²) in [6.07, 6.45) is 0. The molecular weight excluding hydrogens is 168 g/mol. The van der Waals surface area contributed by atoms with Crippen molar-refractivity contribution in [2.75, 3.05) is 49.3 Å². The largest absolute Gasteiger partial charge is 0.372 e. The van der Waals surface area contributed by atoms with Gasteiger partial charge in [-0.15, -0.1) is 0 Å². The maximum absolute atomic E-state index is 3.43. The fourth-order valence-electron chi connectivity index (χ4n) is 1.87. The van der Waals surface area contributed by atoms with Crippen molar-refractivity contribution in [3.8, 4) is 0 Å². The van der Waals surface area contributed by atoms with Crippen LogP contribution in [-0.2, 0) is 0 Å². The molecule has 74 valence electrons. The van der Waals surface area contributed by atoms with Gasteiger partial charge in [0, 0.05) is 0 Å². The fourth-order valence-corrected chi connectivity index (χ4v) is 5.61. The SMILES string of the molecule is CN[Si](N(C)C)(N(C)C)N(C)C. The minimum absolute atomic E-state index is 1.75. The molecule has 0 aliphatic carbocycles. The van der Waals surface area contributed by atoms with Gasteiger partial charge in [0.15, 0.2) is 0 Å². The Bertz CT molecular complexity index is 114. The molecule has 0 fully saturated rings. The second-order valence-corrected chi connectivity index (χ2v) is 8.02. The summed E-state index contributed by atoms with van der Waals surface area (Å²) in [6.45, 7) is 0. The Morgan fingerprint density at radius 3 is 1.00 bits per heavy atom. The quantitative estimate of drug-likeness (QED) is 0.593. The molecule has 0 amide bonds. The summed E-state index contributed by atoms with van der Waals surface area (Å²) in [5, 5.41) is 0. The molecule has 0 aliphatic rings. The molecule has 0 aromatic heterocycles. The summed E-state index contributed by atoms with van der Waals surface area (Å²) < 4.78 is 6.81. The lowest BCUT2D eigenvalue weighted by atomic mass is 11.2. The first kappa shape index (κ1) is 12.1. The minimum Gasteiger partial charge on any atom is -0.303 e. The summed E-state index contributed by atoms with van der Waals surface area (Å²) in [5.41, 5.74) is 0. The predicted octanol–water partition coefficient (Wildman–Crippen LogP) is -0.674. The third kappa shape index (κ3) is 1.86. The highest BCUT2D eigenvalue weighted by atomic mass is 28.4. The van der Waals surface area contributed by atoms with Gasteiger partial charge < -0.3 is 4.98 Å². The van der Waals surface area contributed by atoms with Crippen molar-refractivity contribution in [3.63, 3.8) is 0 Å². The van der Waals surface area contributed by atoms with Crippen molar-refractivity contribution in [1.29, 1.82) is 0 Å². The summed E-state index contributed by atoms with van der Waals surface area (Å²) in [7, 11) is 13.0. The molecule has 0 saturated carbocycles. The smallest absolute Gasteiger partial charge is 0.303 e. The second-order valence-electron chi connectivity index (χ2n) is 3.57. The van der Waals surface area contributed by atoms with E-state index < -0.39 is 8.72 Å². The number of nitrogens with one attached hydrogen (secondary N) is 1. The van der Waals surface area contributed by atoms with Gasteiger partial charge in [-0.05, 0) is 49.3 Å². The van der Waals surface area contributed by atoms with Crippen LogP contribution < -0.4 is 4.98 Å². The molecule has 0 aromatic carbocycles.